The Morgan fingerprint density at radius 1 is 0.231 bits per heavy atom. The van der Waals surface area contributed by atoms with Gasteiger partial charge in [-0.05, 0) is 81.6 Å². The Kier molecular flexibility index (Phi) is 9.42. The van der Waals surface area contributed by atoms with Crippen molar-refractivity contribution in [3.63, 3.8) is 0 Å². The minimum Gasteiger partial charge on any atom is -0.456 e. The number of hydrogen-bond donors (Lipinski definition) is 0. The first-order valence-electron chi connectivity index (χ1n) is 21.8. The normalized spacial score (nSPS) is 11.4. The van der Waals surface area contributed by atoms with Crippen LogP contribution in [0.4, 0.5) is 0 Å². The van der Waals surface area contributed by atoms with E-state index in [4.69, 9.17) is 24.4 Å². The molecule has 0 aliphatic rings. The number of fused-ring (bicyclic) bond motifs is 4. The van der Waals surface area contributed by atoms with Crippen LogP contribution in [0, 0.1) is 0 Å². The maximum atomic E-state index is 6.21. The van der Waals surface area contributed by atoms with Crippen LogP contribution in [0.3, 0.4) is 0 Å². The highest BCUT2D eigenvalue weighted by atomic mass is 16.3. The van der Waals surface area contributed by atoms with E-state index in [1.807, 2.05) is 84.9 Å². The first-order chi connectivity index (χ1) is 32.2. The van der Waals surface area contributed by atoms with Gasteiger partial charge in [0.15, 0.2) is 11.6 Å². The molecule has 0 unspecified atom stereocenters. The molecule has 0 atom stereocenters. The third kappa shape index (κ3) is 7.21. The number of hydrogen-bond acceptors (Lipinski definition) is 5. The fourth-order valence-electron chi connectivity index (χ4n) is 8.91. The van der Waals surface area contributed by atoms with Crippen LogP contribution in [0.2, 0.25) is 0 Å². The summed E-state index contributed by atoms with van der Waals surface area (Å²) in [5.41, 5.74) is 15.3. The summed E-state index contributed by atoms with van der Waals surface area (Å²) in [6.07, 6.45) is 0. The highest BCUT2D eigenvalue weighted by Gasteiger charge is 2.18. The topological polar surface area (TPSA) is 64.7 Å². The summed E-state index contributed by atoms with van der Waals surface area (Å²) >= 11 is 0. The number of nitrogens with zero attached hydrogens (tertiary/aromatic N) is 4. The zero-order chi connectivity index (χ0) is 43.1. The van der Waals surface area contributed by atoms with Gasteiger partial charge in [0.25, 0.3) is 0 Å². The zero-order valence-corrected chi connectivity index (χ0v) is 35.1. The molecule has 0 fully saturated rings. The van der Waals surface area contributed by atoms with Gasteiger partial charge in [0, 0.05) is 44.2 Å². The molecule has 5 heteroatoms. The average molecular weight is 831 g/mol. The molecule has 3 heterocycles. The van der Waals surface area contributed by atoms with Gasteiger partial charge in [-0.1, -0.05) is 182 Å². The average Bonchev–Trinajstić information content (AvgIpc) is 3.77. The van der Waals surface area contributed by atoms with E-state index in [0.29, 0.717) is 11.6 Å². The van der Waals surface area contributed by atoms with Crippen molar-refractivity contribution in [3.8, 4) is 90.1 Å². The van der Waals surface area contributed by atoms with E-state index in [9.17, 15) is 0 Å². The molecule has 304 valence electrons. The van der Waals surface area contributed by atoms with Crippen LogP contribution >= 0.6 is 0 Å². The Balaban J connectivity index is 1.09. The van der Waals surface area contributed by atoms with Crippen molar-refractivity contribution < 1.29 is 4.42 Å². The second kappa shape index (κ2) is 16.2. The maximum Gasteiger partial charge on any atom is 0.160 e. The van der Waals surface area contributed by atoms with E-state index in [1.54, 1.807) is 0 Å². The monoisotopic (exact) mass is 830 g/mol. The second-order valence-corrected chi connectivity index (χ2v) is 16.2. The van der Waals surface area contributed by atoms with Crippen LogP contribution in [0.1, 0.15) is 0 Å². The maximum absolute atomic E-state index is 6.21. The molecule has 0 bridgehead atoms. The van der Waals surface area contributed by atoms with Crippen LogP contribution in [-0.2, 0) is 0 Å². The minimum atomic E-state index is 0.658. The smallest absolute Gasteiger partial charge is 0.160 e. The quantitative estimate of drug-likeness (QED) is 0.153. The van der Waals surface area contributed by atoms with Crippen molar-refractivity contribution in [1.82, 2.24) is 19.9 Å². The van der Waals surface area contributed by atoms with Gasteiger partial charge in [-0.25, -0.2) is 19.9 Å². The molecule has 0 N–H and O–H groups in total. The van der Waals surface area contributed by atoms with Crippen molar-refractivity contribution in [2.24, 2.45) is 0 Å². The van der Waals surface area contributed by atoms with Gasteiger partial charge in [-0.3, -0.25) is 0 Å². The Hall–Kier alpha value is -8.80. The summed E-state index contributed by atoms with van der Waals surface area (Å²) in [6.45, 7) is 0. The van der Waals surface area contributed by atoms with E-state index in [-0.39, 0.29) is 0 Å². The van der Waals surface area contributed by atoms with E-state index in [0.717, 1.165) is 111 Å². The van der Waals surface area contributed by atoms with Crippen molar-refractivity contribution in [1.29, 1.82) is 0 Å². The van der Waals surface area contributed by atoms with Crippen LogP contribution in [0.15, 0.2) is 235 Å². The Morgan fingerprint density at radius 3 is 1.12 bits per heavy atom. The third-order valence-corrected chi connectivity index (χ3v) is 12.1. The number of aromatic nitrogens is 4. The predicted molar refractivity (Wildman–Crippen MR) is 266 cm³/mol. The van der Waals surface area contributed by atoms with Gasteiger partial charge in [0.05, 0.1) is 22.8 Å². The van der Waals surface area contributed by atoms with Crippen molar-refractivity contribution in [3.05, 3.63) is 231 Å². The van der Waals surface area contributed by atoms with E-state index in [2.05, 4.69) is 146 Å². The number of benzene rings is 9. The molecule has 12 aromatic rings. The molecular weight excluding hydrogens is 793 g/mol. The van der Waals surface area contributed by atoms with E-state index in [1.165, 1.54) is 0 Å². The second-order valence-electron chi connectivity index (χ2n) is 16.2. The lowest BCUT2D eigenvalue weighted by Gasteiger charge is -2.16. The van der Waals surface area contributed by atoms with Gasteiger partial charge in [0.2, 0.25) is 0 Å². The highest BCUT2D eigenvalue weighted by molar-refractivity contribution is 6.10. The molecule has 0 saturated carbocycles. The lowest BCUT2D eigenvalue weighted by atomic mass is 9.89. The molecule has 0 saturated heterocycles. The molecule has 0 aliphatic heterocycles. The molecule has 0 spiro atoms. The Labute approximate surface area is 376 Å². The third-order valence-electron chi connectivity index (χ3n) is 12.1. The summed E-state index contributed by atoms with van der Waals surface area (Å²) in [5, 5.41) is 4.51. The fourth-order valence-corrected chi connectivity index (χ4v) is 8.91. The molecule has 3 aromatic heterocycles. The summed E-state index contributed by atoms with van der Waals surface area (Å²) in [4.78, 5) is 20.9. The number of para-hydroxylation sites is 1. The van der Waals surface area contributed by atoms with Crippen LogP contribution < -0.4 is 0 Å². The van der Waals surface area contributed by atoms with E-state index >= 15 is 0 Å². The molecule has 0 aliphatic carbocycles. The fraction of sp³-hybridized carbons (Fsp3) is 0. The van der Waals surface area contributed by atoms with E-state index < -0.39 is 0 Å². The first kappa shape index (κ1) is 37.9. The standard InChI is InChI=1S/C60H38N4O/c1-5-17-39(18-6-1)53-37-55(63-59(61-53)41-21-9-3-10-22-41)45-33-44(34-46(35-45)56-38-54(40-19-7-2-8-20-40)62-60(64-56)42-23-11-4-12-24-42)48-31-30-47(49-25-13-14-26-50(48)49)43-29-32-58-52(36-43)51-27-15-16-28-57(51)65-58/h1-38H. The lowest BCUT2D eigenvalue weighted by Crippen LogP contribution is -1.98. The summed E-state index contributed by atoms with van der Waals surface area (Å²) in [7, 11) is 0. The summed E-state index contributed by atoms with van der Waals surface area (Å²) < 4.78 is 6.21. The number of rotatable bonds is 8. The van der Waals surface area contributed by atoms with Crippen molar-refractivity contribution in [2.45, 2.75) is 0 Å². The predicted octanol–water partition coefficient (Wildman–Crippen LogP) is 15.7. The van der Waals surface area contributed by atoms with Crippen molar-refractivity contribution >= 4 is 32.7 Å². The molecule has 0 amide bonds. The van der Waals surface area contributed by atoms with Crippen molar-refractivity contribution in [2.75, 3.05) is 0 Å². The van der Waals surface area contributed by atoms with Gasteiger partial charge in [-0.15, -0.1) is 0 Å². The van der Waals surface area contributed by atoms with Crippen LogP contribution in [0.25, 0.3) is 123 Å². The Bertz CT molecular complexity index is 3440. The van der Waals surface area contributed by atoms with Gasteiger partial charge in [-0.2, -0.15) is 0 Å². The Morgan fingerprint density at radius 2 is 0.615 bits per heavy atom. The molecule has 0 radical (unpaired) electrons. The SMILES string of the molecule is c1ccc(-c2cc(-c3cc(-c4cc(-c5ccccc5)nc(-c5ccccc5)n4)cc(-c4ccc(-c5ccc6oc7ccccc7c6c5)c5ccccc45)c3)nc(-c3ccccc3)n2)cc1. The zero-order valence-electron chi connectivity index (χ0n) is 35.1. The first-order valence-corrected chi connectivity index (χ1v) is 21.8. The van der Waals surface area contributed by atoms with Crippen LogP contribution in [0.5, 0.6) is 0 Å². The largest absolute Gasteiger partial charge is 0.456 e. The van der Waals surface area contributed by atoms with Gasteiger partial charge < -0.3 is 4.42 Å². The molecule has 12 rings (SSSR count). The van der Waals surface area contributed by atoms with Gasteiger partial charge in [0.1, 0.15) is 11.2 Å². The molecule has 65 heavy (non-hydrogen) atoms. The van der Waals surface area contributed by atoms with Crippen LogP contribution in [-0.4, -0.2) is 19.9 Å². The molecule has 5 nitrogen and oxygen atoms in total. The lowest BCUT2D eigenvalue weighted by molar-refractivity contribution is 0.669. The number of furan rings is 1. The molecular formula is C60H38N4O. The summed E-state index contributed by atoms with van der Waals surface area (Å²) in [5.74, 6) is 1.32. The summed E-state index contributed by atoms with van der Waals surface area (Å²) in [6, 6.07) is 79.9. The highest BCUT2D eigenvalue weighted by Crippen LogP contribution is 2.41. The molecule has 9 aromatic carbocycles. The van der Waals surface area contributed by atoms with Gasteiger partial charge >= 0.3 is 0 Å². The minimum absolute atomic E-state index is 0.658.